The zero-order valence-corrected chi connectivity index (χ0v) is 16.3. The lowest BCUT2D eigenvalue weighted by Gasteiger charge is -2.10. The highest BCUT2D eigenvalue weighted by atomic mass is 32.2. The van der Waals surface area contributed by atoms with E-state index in [1.165, 1.54) is 0 Å². The molecule has 0 saturated heterocycles. The average Bonchev–Trinajstić information content (AvgIpc) is 2.61. The van der Waals surface area contributed by atoms with E-state index in [0.29, 0.717) is 12.5 Å². The second-order valence-electron chi connectivity index (χ2n) is 6.57. The predicted octanol–water partition coefficient (Wildman–Crippen LogP) is 3.10. The molecular weight excluding hydrogens is 348 g/mol. The number of benzene rings is 2. The fourth-order valence-electron chi connectivity index (χ4n) is 2.50. The highest BCUT2D eigenvalue weighted by Gasteiger charge is 2.14. The van der Waals surface area contributed by atoms with E-state index in [0.717, 1.165) is 16.7 Å². The van der Waals surface area contributed by atoms with Gasteiger partial charge in [-0.25, -0.2) is 13.1 Å². The van der Waals surface area contributed by atoms with Gasteiger partial charge in [0.1, 0.15) is 0 Å². The number of aryl methyl sites for hydroxylation is 1. The summed E-state index contributed by atoms with van der Waals surface area (Å²) in [7, 11) is -3.60. The maximum Gasteiger partial charge on any atom is 0.240 e. The molecule has 2 rings (SSSR count). The number of carbonyl (C=O) groups excluding carboxylic acids is 1. The molecule has 2 aromatic carbocycles. The SMILES string of the molecule is Cc1ccccc1CNC(=O)CCNS(=O)(=O)c1ccc(C(C)C)cc1. The highest BCUT2D eigenvalue weighted by molar-refractivity contribution is 7.89. The van der Waals surface area contributed by atoms with Crippen molar-refractivity contribution in [2.45, 2.75) is 44.6 Å². The average molecular weight is 375 g/mol. The fraction of sp³-hybridized carbons (Fsp3) is 0.350. The third-order valence-corrected chi connectivity index (χ3v) is 5.72. The van der Waals surface area contributed by atoms with Crippen molar-refractivity contribution in [1.82, 2.24) is 10.0 Å². The van der Waals surface area contributed by atoms with Crippen molar-refractivity contribution in [3.63, 3.8) is 0 Å². The molecule has 0 aliphatic heterocycles. The van der Waals surface area contributed by atoms with Crippen LogP contribution in [0.25, 0.3) is 0 Å². The zero-order chi connectivity index (χ0) is 19.2. The molecule has 6 heteroatoms. The summed E-state index contributed by atoms with van der Waals surface area (Å²) in [6, 6.07) is 14.6. The van der Waals surface area contributed by atoms with Crippen molar-refractivity contribution in [3.05, 3.63) is 65.2 Å². The van der Waals surface area contributed by atoms with Crippen LogP contribution in [-0.4, -0.2) is 20.9 Å². The van der Waals surface area contributed by atoms with E-state index in [-0.39, 0.29) is 23.8 Å². The monoisotopic (exact) mass is 374 g/mol. The molecule has 0 heterocycles. The number of hydrogen-bond acceptors (Lipinski definition) is 3. The normalized spacial score (nSPS) is 11.5. The van der Waals surface area contributed by atoms with Gasteiger partial charge in [0, 0.05) is 19.5 Å². The second kappa shape index (κ2) is 8.96. The Morgan fingerprint density at radius 1 is 1.04 bits per heavy atom. The van der Waals surface area contributed by atoms with Crippen LogP contribution in [0.1, 0.15) is 42.9 Å². The molecule has 0 unspecified atom stereocenters. The van der Waals surface area contributed by atoms with Gasteiger partial charge in [-0.3, -0.25) is 4.79 Å². The molecule has 0 fully saturated rings. The summed E-state index contributed by atoms with van der Waals surface area (Å²) < 4.78 is 27.0. The summed E-state index contributed by atoms with van der Waals surface area (Å²) in [5, 5.41) is 2.81. The summed E-state index contributed by atoms with van der Waals surface area (Å²) in [6.45, 7) is 6.59. The Bertz CT molecular complexity index is 844. The molecule has 0 aliphatic carbocycles. The van der Waals surface area contributed by atoms with Gasteiger partial charge in [-0.05, 0) is 41.7 Å². The molecule has 0 atom stereocenters. The maximum absolute atomic E-state index is 12.3. The Labute approximate surface area is 155 Å². The van der Waals surface area contributed by atoms with Crippen molar-refractivity contribution in [3.8, 4) is 0 Å². The Hall–Kier alpha value is -2.18. The van der Waals surface area contributed by atoms with Crippen LogP contribution in [0.15, 0.2) is 53.4 Å². The number of amides is 1. The van der Waals surface area contributed by atoms with Gasteiger partial charge in [-0.2, -0.15) is 0 Å². The standard InChI is InChI=1S/C20H26N2O3S/c1-15(2)17-8-10-19(11-9-17)26(24,25)22-13-12-20(23)21-14-18-7-5-4-6-16(18)3/h4-11,15,22H,12-14H2,1-3H3,(H,21,23). The molecule has 0 aromatic heterocycles. The molecule has 5 nitrogen and oxygen atoms in total. The first-order valence-electron chi connectivity index (χ1n) is 8.70. The number of carbonyl (C=O) groups is 1. The molecule has 0 bridgehead atoms. The third-order valence-electron chi connectivity index (χ3n) is 4.24. The van der Waals surface area contributed by atoms with Crippen LogP contribution in [-0.2, 0) is 21.4 Å². The summed E-state index contributed by atoms with van der Waals surface area (Å²) in [6.07, 6.45) is 0.0924. The number of rotatable bonds is 8. The van der Waals surface area contributed by atoms with E-state index in [4.69, 9.17) is 0 Å². The van der Waals surface area contributed by atoms with Crippen molar-refractivity contribution in [2.24, 2.45) is 0 Å². The summed E-state index contributed by atoms with van der Waals surface area (Å²) in [5.41, 5.74) is 3.24. The van der Waals surface area contributed by atoms with Crippen molar-refractivity contribution >= 4 is 15.9 Å². The maximum atomic E-state index is 12.3. The first-order valence-corrected chi connectivity index (χ1v) is 10.2. The predicted molar refractivity (Wildman–Crippen MR) is 103 cm³/mol. The first-order chi connectivity index (χ1) is 12.3. The molecule has 0 radical (unpaired) electrons. The van der Waals surface area contributed by atoms with Crippen LogP contribution in [0.5, 0.6) is 0 Å². The van der Waals surface area contributed by atoms with E-state index in [1.807, 2.05) is 43.3 Å². The minimum Gasteiger partial charge on any atom is -0.352 e. The molecular formula is C20H26N2O3S. The molecule has 0 spiro atoms. The molecule has 26 heavy (non-hydrogen) atoms. The third kappa shape index (κ3) is 5.68. The molecule has 2 aromatic rings. The van der Waals surface area contributed by atoms with Gasteiger partial charge in [0.15, 0.2) is 0 Å². The van der Waals surface area contributed by atoms with Crippen molar-refractivity contribution in [1.29, 1.82) is 0 Å². The highest BCUT2D eigenvalue weighted by Crippen LogP contribution is 2.17. The van der Waals surface area contributed by atoms with Gasteiger partial charge in [0.25, 0.3) is 0 Å². The van der Waals surface area contributed by atoms with Gasteiger partial charge < -0.3 is 5.32 Å². The molecule has 140 valence electrons. The van der Waals surface area contributed by atoms with Crippen LogP contribution >= 0.6 is 0 Å². The minimum atomic E-state index is -3.60. The van der Waals surface area contributed by atoms with Gasteiger partial charge in [-0.1, -0.05) is 50.2 Å². The Balaban J connectivity index is 1.82. The quantitative estimate of drug-likeness (QED) is 0.745. The van der Waals surface area contributed by atoms with Crippen LogP contribution in [0.2, 0.25) is 0 Å². The summed E-state index contributed by atoms with van der Waals surface area (Å²) in [5.74, 6) is 0.155. The van der Waals surface area contributed by atoms with Gasteiger partial charge >= 0.3 is 0 Å². The first kappa shape index (κ1) is 20.1. The minimum absolute atomic E-state index is 0.0634. The van der Waals surface area contributed by atoms with Crippen molar-refractivity contribution in [2.75, 3.05) is 6.54 Å². The lowest BCUT2D eigenvalue weighted by molar-refractivity contribution is -0.121. The van der Waals surface area contributed by atoms with E-state index >= 15 is 0 Å². The van der Waals surface area contributed by atoms with Crippen LogP contribution in [0, 0.1) is 6.92 Å². The lowest BCUT2D eigenvalue weighted by Crippen LogP contribution is -2.30. The van der Waals surface area contributed by atoms with Gasteiger partial charge in [0.2, 0.25) is 15.9 Å². The van der Waals surface area contributed by atoms with E-state index in [2.05, 4.69) is 23.9 Å². The summed E-state index contributed by atoms with van der Waals surface area (Å²) in [4.78, 5) is 12.1. The smallest absolute Gasteiger partial charge is 0.240 e. The summed E-state index contributed by atoms with van der Waals surface area (Å²) >= 11 is 0. The Morgan fingerprint density at radius 2 is 1.69 bits per heavy atom. The molecule has 0 aliphatic rings. The van der Waals surface area contributed by atoms with Crippen LogP contribution in [0.4, 0.5) is 0 Å². The number of sulfonamides is 1. The van der Waals surface area contributed by atoms with Gasteiger partial charge in [-0.15, -0.1) is 0 Å². The number of nitrogens with one attached hydrogen (secondary N) is 2. The molecule has 0 saturated carbocycles. The second-order valence-corrected chi connectivity index (χ2v) is 8.34. The van der Waals surface area contributed by atoms with E-state index < -0.39 is 10.0 Å². The van der Waals surface area contributed by atoms with Gasteiger partial charge in [0.05, 0.1) is 4.90 Å². The van der Waals surface area contributed by atoms with Crippen molar-refractivity contribution < 1.29 is 13.2 Å². The fourth-order valence-corrected chi connectivity index (χ4v) is 3.54. The lowest BCUT2D eigenvalue weighted by atomic mass is 10.0. The number of hydrogen-bond donors (Lipinski definition) is 2. The van der Waals surface area contributed by atoms with Crippen LogP contribution in [0.3, 0.4) is 0 Å². The van der Waals surface area contributed by atoms with Crippen LogP contribution < -0.4 is 10.0 Å². The Morgan fingerprint density at radius 3 is 2.31 bits per heavy atom. The molecule has 2 N–H and O–H groups in total. The Kier molecular flexibility index (Phi) is 6.94. The topological polar surface area (TPSA) is 75.3 Å². The molecule has 1 amide bonds. The zero-order valence-electron chi connectivity index (χ0n) is 15.5. The van der Waals surface area contributed by atoms with E-state index in [1.54, 1.807) is 12.1 Å². The largest absolute Gasteiger partial charge is 0.352 e. The van der Waals surface area contributed by atoms with E-state index in [9.17, 15) is 13.2 Å².